The quantitative estimate of drug-likeness (QED) is 0.472. The third-order valence-electron chi connectivity index (χ3n) is 1.95. The summed E-state index contributed by atoms with van der Waals surface area (Å²) in [4.78, 5) is 15.2. The van der Waals surface area contributed by atoms with E-state index in [0.717, 1.165) is 5.76 Å². The molecule has 7 heteroatoms. The summed E-state index contributed by atoms with van der Waals surface area (Å²) in [6.07, 6.45) is 1.59. The number of thiazole rings is 1. The lowest BCUT2D eigenvalue weighted by atomic mass is 10.5. The monoisotopic (exact) mass is 253 g/mol. The first-order valence-corrected chi connectivity index (χ1v) is 5.73. The van der Waals surface area contributed by atoms with E-state index in [0.29, 0.717) is 23.9 Å². The van der Waals surface area contributed by atoms with Gasteiger partial charge in [-0.1, -0.05) is 0 Å². The number of carbonyl (C=O) groups excluding carboxylic acids is 1. The SMILES string of the molecule is NNC(=O)c1nc(COCc2ccco2)cs1. The average molecular weight is 253 g/mol. The number of hydrazine groups is 1. The maximum atomic E-state index is 11.1. The number of furan rings is 1. The molecule has 2 rings (SSSR count). The molecule has 0 aliphatic carbocycles. The van der Waals surface area contributed by atoms with E-state index >= 15 is 0 Å². The van der Waals surface area contributed by atoms with Gasteiger partial charge in [-0.25, -0.2) is 10.8 Å². The highest BCUT2D eigenvalue weighted by atomic mass is 32.1. The number of aromatic nitrogens is 1. The highest BCUT2D eigenvalue weighted by Gasteiger charge is 2.09. The zero-order valence-electron chi connectivity index (χ0n) is 8.88. The maximum Gasteiger partial charge on any atom is 0.294 e. The minimum atomic E-state index is -0.396. The number of hydrogen-bond donors (Lipinski definition) is 2. The van der Waals surface area contributed by atoms with Crippen molar-refractivity contribution >= 4 is 17.2 Å². The molecule has 0 atom stereocenters. The van der Waals surface area contributed by atoms with Crippen molar-refractivity contribution in [3.8, 4) is 0 Å². The Hall–Kier alpha value is -1.70. The lowest BCUT2D eigenvalue weighted by molar-refractivity contribution is 0.0900. The van der Waals surface area contributed by atoms with Gasteiger partial charge in [0.2, 0.25) is 0 Å². The fourth-order valence-electron chi connectivity index (χ4n) is 1.19. The van der Waals surface area contributed by atoms with Crippen molar-refractivity contribution in [1.82, 2.24) is 10.4 Å². The Morgan fingerprint density at radius 1 is 1.59 bits per heavy atom. The first kappa shape index (κ1) is 11.8. The molecule has 1 amide bonds. The fourth-order valence-corrected chi connectivity index (χ4v) is 1.89. The predicted molar refractivity (Wildman–Crippen MR) is 61.0 cm³/mol. The number of carbonyl (C=O) groups is 1. The molecule has 0 saturated heterocycles. The van der Waals surface area contributed by atoms with Crippen LogP contribution in [0, 0.1) is 0 Å². The number of nitrogens with one attached hydrogen (secondary N) is 1. The third-order valence-corrected chi connectivity index (χ3v) is 2.84. The fraction of sp³-hybridized carbons (Fsp3) is 0.200. The number of hydrogen-bond acceptors (Lipinski definition) is 6. The van der Waals surface area contributed by atoms with Crippen molar-refractivity contribution in [2.24, 2.45) is 5.84 Å². The molecule has 0 radical (unpaired) electrons. The van der Waals surface area contributed by atoms with E-state index in [1.807, 2.05) is 11.5 Å². The van der Waals surface area contributed by atoms with Crippen LogP contribution in [0.15, 0.2) is 28.2 Å². The predicted octanol–water partition coefficient (Wildman–Crippen LogP) is 1.06. The van der Waals surface area contributed by atoms with Crippen molar-refractivity contribution in [3.05, 3.63) is 40.2 Å². The second-order valence-corrected chi connectivity index (χ2v) is 4.05. The van der Waals surface area contributed by atoms with Gasteiger partial charge in [-0.05, 0) is 12.1 Å². The average Bonchev–Trinajstić information content (AvgIpc) is 2.99. The van der Waals surface area contributed by atoms with Crippen LogP contribution in [0.25, 0.3) is 0 Å². The van der Waals surface area contributed by atoms with Crippen LogP contribution in [0.4, 0.5) is 0 Å². The van der Waals surface area contributed by atoms with Crippen LogP contribution < -0.4 is 11.3 Å². The molecule has 2 heterocycles. The maximum absolute atomic E-state index is 11.1. The molecule has 0 unspecified atom stereocenters. The van der Waals surface area contributed by atoms with Crippen molar-refractivity contribution in [2.75, 3.05) is 0 Å². The number of nitrogens with two attached hydrogens (primary N) is 1. The molecular formula is C10H11N3O3S. The van der Waals surface area contributed by atoms with E-state index in [-0.39, 0.29) is 0 Å². The second-order valence-electron chi connectivity index (χ2n) is 3.19. The van der Waals surface area contributed by atoms with Crippen molar-refractivity contribution in [3.63, 3.8) is 0 Å². The van der Waals surface area contributed by atoms with Crippen LogP contribution in [-0.4, -0.2) is 10.9 Å². The van der Waals surface area contributed by atoms with Crippen LogP contribution in [-0.2, 0) is 18.0 Å². The highest BCUT2D eigenvalue weighted by molar-refractivity contribution is 7.11. The van der Waals surface area contributed by atoms with Gasteiger partial charge in [-0.15, -0.1) is 11.3 Å². The van der Waals surface area contributed by atoms with Crippen LogP contribution in [0.5, 0.6) is 0 Å². The number of nitrogen functional groups attached to an aromatic ring is 1. The molecule has 0 aliphatic heterocycles. The van der Waals surface area contributed by atoms with Crippen molar-refractivity contribution in [1.29, 1.82) is 0 Å². The van der Waals surface area contributed by atoms with Gasteiger partial charge < -0.3 is 9.15 Å². The minimum Gasteiger partial charge on any atom is -0.467 e. The van der Waals surface area contributed by atoms with Gasteiger partial charge in [-0.2, -0.15) is 0 Å². The summed E-state index contributed by atoms with van der Waals surface area (Å²) in [5, 5.41) is 2.08. The van der Waals surface area contributed by atoms with Crippen LogP contribution in [0.2, 0.25) is 0 Å². The Bertz CT molecular complexity index is 481. The Kier molecular flexibility index (Phi) is 3.86. The zero-order valence-corrected chi connectivity index (χ0v) is 9.70. The second kappa shape index (κ2) is 5.58. The number of nitrogens with zero attached hydrogens (tertiary/aromatic N) is 1. The first-order chi connectivity index (χ1) is 8.29. The van der Waals surface area contributed by atoms with Crippen molar-refractivity contribution in [2.45, 2.75) is 13.2 Å². The standard InChI is InChI=1S/C10H11N3O3S/c11-13-9(14)10-12-7(6-17-10)4-15-5-8-2-1-3-16-8/h1-3,6H,4-5,11H2,(H,13,14). The first-order valence-electron chi connectivity index (χ1n) is 4.85. The van der Waals surface area contributed by atoms with E-state index < -0.39 is 5.91 Å². The summed E-state index contributed by atoms with van der Waals surface area (Å²) >= 11 is 1.22. The summed E-state index contributed by atoms with van der Waals surface area (Å²) in [5.41, 5.74) is 2.72. The van der Waals surface area contributed by atoms with Crippen LogP contribution in [0.1, 0.15) is 21.3 Å². The molecule has 0 aliphatic rings. The molecule has 6 nitrogen and oxygen atoms in total. The van der Waals surface area contributed by atoms with E-state index in [4.69, 9.17) is 15.0 Å². The van der Waals surface area contributed by atoms with Gasteiger partial charge in [0.05, 0.1) is 18.6 Å². The van der Waals surface area contributed by atoms with Gasteiger partial charge in [0.15, 0.2) is 5.01 Å². The van der Waals surface area contributed by atoms with Gasteiger partial charge in [0, 0.05) is 5.38 Å². The van der Waals surface area contributed by atoms with Crippen LogP contribution in [0.3, 0.4) is 0 Å². The molecule has 17 heavy (non-hydrogen) atoms. The summed E-state index contributed by atoms with van der Waals surface area (Å²) in [6, 6.07) is 3.62. The Balaban J connectivity index is 1.83. The molecule has 3 N–H and O–H groups in total. The lowest BCUT2D eigenvalue weighted by Gasteiger charge is -1.98. The molecule has 2 aromatic rings. The van der Waals surface area contributed by atoms with Gasteiger partial charge in [0.1, 0.15) is 12.4 Å². The normalized spacial score (nSPS) is 10.4. The summed E-state index contributed by atoms with van der Waals surface area (Å²) < 4.78 is 10.5. The van der Waals surface area contributed by atoms with Crippen LogP contribution >= 0.6 is 11.3 Å². The number of amides is 1. The summed E-state index contributed by atoms with van der Waals surface area (Å²) in [7, 11) is 0. The van der Waals surface area contributed by atoms with Crippen molar-refractivity contribution < 1.29 is 13.9 Å². The zero-order chi connectivity index (χ0) is 12.1. The van der Waals surface area contributed by atoms with Gasteiger partial charge in [-0.3, -0.25) is 10.2 Å². The number of rotatable bonds is 5. The molecule has 0 fully saturated rings. The Labute approximate surface area is 101 Å². The van der Waals surface area contributed by atoms with Gasteiger partial charge in [0.25, 0.3) is 5.91 Å². The molecular weight excluding hydrogens is 242 g/mol. The Morgan fingerprint density at radius 2 is 2.47 bits per heavy atom. The van der Waals surface area contributed by atoms with E-state index in [9.17, 15) is 4.79 Å². The highest BCUT2D eigenvalue weighted by Crippen LogP contribution is 2.11. The molecule has 0 saturated carbocycles. The lowest BCUT2D eigenvalue weighted by Crippen LogP contribution is -2.29. The van der Waals surface area contributed by atoms with E-state index in [2.05, 4.69) is 4.98 Å². The smallest absolute Gasteiger partial charge is 0.294 e. The minimum absolute atomic E-state index is 0.323. The molecule has 90 valence electrons. The largest absolute Gasteiger partial charge is 0.467 e. The van der Waals surface area contributed by atoms with E-state index in [1.54, 1.807) is 17.7 Å². The van der Waals surface area contributed by atoms with E-state index in [1.165, 1.54) is 11.3 Å². The third kappa shape index (κ3) is 3.13. The summed E-state index contributed by atoms with van der Waals surface area (Å²) in [6.45, 7) is 0.706. The van der Waals surface area contributed by atoms with Gasteiger partial charge >= 0.3 is 0 Å². The molecule has 0 bridgehead atoms. The molecule has 0 aromatic carbocycles. The molecule has 0 spiro atoms. The summed E-state index contributed by atoms with van der Waals surface area (Å²) in [5.74, 6) is 5.36. The topological polar surface area (TPSA) is 90.4 Å². The molecule has 2 aromatic heterocycles. The number of ether oxygens (including phenoxy) is 1. The Morgan fingerprint density at radius 3 is 3.18 bits per heavy atom.